The van der Waals surface area contributed by atoms with Crippen LogP contribution in [0.4, 0.5) is 0 Å². The van der Waals surface area contributed by atoms with Crippen LogP contribution in [-0.2, 0) is 9.59 Å². The lowest BCUT2D eigenvalue weighted by Gasteiger charge is -2.13. The molecule has 0 atom stereocenters. The fraction of sp³-hybridized carbons (Fsp3) is 0.345. The number of carbonyl (C=O) groups excluding carboxylic acids is 2. The number of rotatable bonds is 30. The second-order valence-corrected chi connectivity index (χ2v) is 15.9. The molecule has 10 heteroatoms. The van der Waals surface area contributed by atoms with Gasteiger partial charge in [-0.1, -0.05) is 100 Å². The van der Waals surface area contributed by atoms with E-state index in [4.69, 9.17) is 33.2 Å². The molecule has 0 spiro atoms. The smallest absolute Gasteiger partial charge is 0.338 e. The van der Waals surface area contributed by atoms with E-state index < -0.39 is 11.9 Å². The minimum absolute atomic E-state index is 0.0723. The summed E-state index contributed by atoms with van der Waals surface area (Å²) in [5.74, 6) is 3.89. The highest BCUT2D eigenvalue weighted by atomic mass is 16.5. The second-order valence-electron chi connectivity index (χ2n) is 15.9. The van der Waals surface area contributed by atoms with Crippen molar-refractivity contribution in [3.05, 3.63) is 140 Å². The van der Waals surface area contributed by atoms with E-state index >= 15 is 0 Å². The lowest BCUT2D eigenvalue weighted by atomic mass is 10.1. The maximum Gasteiger partial charge on any atom is 0.338 e. The molecule has 65 heavy (non-hydrogen) atoms. The number of esters is 2. The first kappa shape index (κ1) is 49.5. The lowest BCUT2D eigenvalue weighted by Crippen LogP contribution is -2.07. The Kier molecular flexibility index (Phi) is 21.0. The maximum atomic E-state index is 11.8. The van der Waals surface area contributed by atoms with Crippen LogP contribution in [0, 0.1) is 0 Å². The lowest BCUT2D eigenvalue weighted by molar-refractivity contribution is -0.130. The van der Waals surface area contributed by atoms with Crippen LogP contribution in [-0.4, -0.2) is 56.7 Å². The van der Waals surface area contributed by atoms with Crippen molar-refractivity contribution in [1.82, 2.24) is 0 Å². The van der Waals surface area contributed by atoms with Crippen molar-refractivity contribution in [2.45, 2.75) is 84.5 Å². The van der Waals surface area contributed by atoms with Crippen LogP contribution < -0.4 is 33.2 Å². The summed E-state index contributed by atoms with van der Waals surface area (Å²) in [6, 6.07) is 36.5. The molecule has 0 aliphatic carbocycles. The molecule has 0 fully saturated rings. The Bertz CT molecular complexity index is 2060. The van der Waals surface area contributed by atoms with E-state index in [9.17, 15) is 14.7 Å². The Morgan fingerprint density at radius 2 is 0.615 bits per heavy atom. The molecule has 0 aromatic heterocycles. The van der Waals surface area contributed by atoms with Gasteiger partial charge in [0.2, 0.25) is 0 Å². The van der Waals surface area contributed by atoms with Crippen LogP contribution in [0.25, 0.3) is 22.3 Å². The van der Waals surface area contributed by atoms with Crippen molar-refractivity contribution in [3.8, 4) is 62.5 Å². The van der Waals surface area contributed by atoms with E-state index in [2.05, 4.69) is 13.2 Å². The molecule has 0 saturated carbocycles. The number of aliphatic hydroxyl groups is 1. The highest BCUT2D eigenvalue weighted by molar-refractivity contribution is 5.89. The summed E-state index contributed by atoms with van der Waals surface area (Å²) in [5, 5.41) is 9.22. The number of unbranched alkanes of at least 4 members (excludes halogenated alkanes) is 8. The van der Waals surface area contributed by atoms with Crippen LogP contribution >= 0.6 is 0 Å². The zero-order valence-corrected chi connectivity index (χ0v) is 38.0. The van der Waals surface area contributed by atoms with Gasteiger partial charge in [-0.2, -0.15) is 0 Å². The SMILES string of the molecule is C=C(C)C(=O)Oc1ccc(-c2ccc(OCCCCCCCOc3cc(OCCCO)cc(OCCCCCCCOc4ccc(-c5ccc(OC(=O)C(=C)C)cc5)cc4)c3)cc2)cc1. The summed E-state index contributed by atoms with van der Waals surface area (Å²) >= 11 is 0. The molecule has 0 aliphatic heterocycles. The molecule has 344 valence electrons. The Morgan fingerprint density at radius 1 is 0.369 bits per heavy atom. The molecular formula is C55H64O10. The topological polar surface area (TPSA) is 119 Å². The van der Waals surface area contributed by atoms with Gasteiger partial charge in [0.05, 0.1) is 33.0 Å². The molecule has 5 aromatic carbocycles. The Hall–Kier alpha value is -6.52. The van der Waals surface area contributed by atoms with Gasteiger partial charge in [-0.25, -0.2) is 9.59 Å². The number of aliphatic hydroxyl groups excluding tert-OH is 1. The van der Waals surface area contributed by atoms with Crippen LogP contribution in [0.2, 0.25) is 0 Å². The van der Waals surface area contributed by atoms with Crippen LogP contribution in [0.1, 0.15) is 84.5 Å². The summed E-state index contributed by atoms with van der Waals surface area (Å²) in [6.45, 7) is 13.5. The van der Waals surface area contributed by atoms with Gasteiger partial charge >= 0.3 is 11.9 Å². The molecule has 0 amide bonds. The normalized spacial score (nSPS) is 10.8. The van der Waals surface area contributed by atoms with Crippen molar-refractivity contribution >= 4 is 11.9 Å². The maximum absolute atomic E-state index is 11.8. The quantitative estimate of drug-likeness (QED) is 0.0207. The highest BCUT2D eigenvalue weighted by Crippen LogP contribution is 2.30. The molecule has 5 rings (SSSR count). The number of benzene rings is 5. The molecule has 0 heterocycles. The van der Waals surface area contributed by atoms with E-state index in [1.807, 2.05) is 91.0 Å². The first-order valence-corrected chi connectivity index (χ1v) is 22.7. The molecule has 1 N–H and O–H groups in total. The Labute approximate surface area is 384 Å². The van der Waals surface area contributed by atoms with Crippen LogP contribution in [0.5, 0.6) is 40.2 Å². The van der Waals surface area contributed by atoms with Crippen molar-refractivity contribution in [2.24, 2.45) is 0 Å². The van der Waals surface area contributed by atoms with Crippen molar-refractivity contribution in [2.75, 3.05) is 39.6 Å². The van der Waals surface area contributed by atoms with Gasteiger partial charge in [-0.3, -0.25) is 0 Å². The van der Waals surface area contributed by atoms with Crippen molar-refractivity contribution in [3.63, 3.8) is 0 Å². The van der Waals surface area contributed by atoms with Gasteiger partial charge in [-0.15, -0.1) is 0 Å². The summed E-state index contributed by atoms with van der Waals surface area (Å²) in [7, 11) is 0. The number of carbonyl (C=O) groups is 2. The van der Waals surface area contributed by atoms with Gasteiger partial charge in [0.15, 0.2) is 0 Å². The number of hydrogen-bond acceptors (Lipinski definition) is 10. The number of ether oxygens (including phenoxy) is 7. The average Bonchev–Trinajstić information content (AvgIpc) is 3.31. The first-order valence-electron chi connectivity index (χ1n) is 22.7. The molecule has 0 unspecified atom stereocenters. The standard InChI is InChI=1S/C55H64O10/c1-41(2)54(57)64-49-28-20-45(21-29-49)43-16-24-47(25-17-43)59-33-11-7-5-9-13-35-61-51-38-52(40-53(39-51)63-37-15-32-56)62-36-14-10-6-8-12-34-60-48-26-18-44(19-27-48)46-22-30-50(31-23-46)65-55(58)42(3)4/h16-31,38-40,56H,1,3,5-15,32-37H2,2,4H3. The van der Waals surface area contributed by atoms with E-state index in [0.29, 0.717) is 79.3 Å². The molecule has 0 bridgehead atoms. The molecular weight excluding hydrogens is 821 g/mol. The molecule has 10 nitrogen and oxygen atoms in total. The third-order valence-electron chi connectivity index (χ3n) is 10.3. The Morgan fingerprint density at radius 3 is 0.892 bits per heavy atom. The van der Waals surface area contributed by atoms with Crippen LogP contribution in [0.15, 0.2) is 140 Å². The third-order valence-corrected chi connectivity index (χ3v) is 10.3. The summed E-state index contributed by atoms with van der Waals surface area (Å²) < 4.78 is 40.6. The summed E-state index contributed by atoms with van der Waals surface area (Å²) in [5.41, 5.74) is 4.87. The van der Waals surface area contributed by atoms with Gasteiger partial charge < -0.3 is 38.3 Å². The van der Waals surface area contributed by atoms with E-state index in [1.165, 1.54) is 0 Å². The van der Waals surface area contributed by atoms with Crippen molar-refractivity contribution in [1.29, 1.82) is 0 Å². The van der Waals surface area contributed by atoms with Gasteiger partial charge in [0.1, 0.15) is 40.2 Å². The predicted octanol–water partition coefficient (Wildman–Crippen LogP) is 12.6. The summed E-state index contributed by atoms with van der Waals surface area (Å²) in [6.07, 6.45) is 10.9. The molecule has 0 saturated heterocycles. The predicted molar refractivity (Wildman–Crippen MR) is 256 cm³/mol. The zero-order valence-electron chi connectivity index (χ0n) is 38.0. The molecule has 5 aromatic rings. The fourth-order valence-electron chi connectivity index (χ4n) is 6.59. The van der Waals surface area contributed by atoms with Gasteiger partial charge in [0, 0.05) is 42.4 Å². The third kappa shape index (κ3) is 18.2. The zero-order chi connectivity index (χ0) is 46.1. The molecule has 0 radical (unpaired) electrons. The van der Waals surface area contributed by atoms with E-state index in [-0.39, 0.29) is 6.61 Å². The minimum Gasteiger partial charge on any atom is -0.494 e. The monoisotopic (exact) mass is 884 g/mol. The number of hydrogen-bond donors (Lipinski definition) is 1. The Balaban J connectivity index is 0.907. The van der Waals surface area contributed by atoms with Crippen molar-refractivity contribution < 1.29 is 47.9 Å². The second kappa shape index (κ2) is 27.6. The first-order chi connectivity index (χ1) is 31.7. The fourth-order valence-corrected chi connectivity index (χ4v) is 6.59. The van der Waals surface area contributed by atoms with E-state index in [1.54, 1.807) is 38.1 Å². The molecule has 0 aliphatic rings. The highest BCUT2D eigenvalue weighted by Gasteiger charge is 2.09. The van der Waals surface area contributed by atoms with Gasteiger partial charge in [0.25, 0.3) is 0 Å². The van der Waals surface area contributed by atoms with E-state index in [0.717, 1.165) is 98.0 Å². The average molecular weight is 885 g/mol. The largest absolute Gasteiger partial charge is 0.494 e. The minimum atomic E-state index is -0.434. The van der Waals surface area contributed by atoms with Crippen LogP contribution in [0.3, 0.4) is 0 Å². The summed E-state index contributed by atoms with van der Waals surface area (Å²) in [4.78, 5) is 23.5. The van der Waals surface area contributed by atoms with Gasteiger partial charge in [-0.05, 0) is 110 Å².